The lowest BCUT2D eigenvalue weighted by Crippen LogP contribution is -2.60. The van der Waals surface area contributed by atoms with Gasteiger partial charge >= 0.3 is 0 Å². The van der Waals surface area contributed by atoms with Crippen LogP contribution in [-0.2, 0) is 5.41 Å². The highest BCUT2D eigenvalue weighted by atomic mass is 32.1. The van der Waals surface area contributed by atoms with Crippen LogP contribution in [0.15, 0.2) is 176 Å². The topological polar surface area (TPSA) is 6.48 Å². The van der Waals surface area contributed by atoms with Gasteiger partial charge in [-0.2, -0.15) is 0 Å². The van der Waals surface area contributed by atoms with Gasteiger partial charge in [-0.15, -0.1) is 11.3 Å². The minimum Gasteiger partial charge on any atom is -0.311 e. The van der Waals surface area contributed by atoms with Crippen molar-refractivity contribution in [3.8, 4) is 33.4 Å². The van der Waals surface area contributed by atoms with Crippen LogP contribution in [0, 0.1) is 20.8 Å². The van der Waals surface area contributed by atoms with E-state index in [0.29, 0.717) is 17.8 Å². The summed E-state index contributed by atoms with van der Waals surface area (Å²) in [6, 6.07) is 69.0. The molecule has 1 aromatic heterocycles. The minimum absolute atomic E-state index is 0.00739. The van der Waals surface area contributed by atoms with Gasteiger partial charge in [0.15, 0.2) is 0 Å². The normalized spacial score (nSPS) is 14.2. The van der Waals surface area contributed by atoms with Crippen molar-refractivity contribution in [2.24, 2.45) is 0 Å². The lowest BCUT2D eigenvalue weighted by Gasteiger charge is -2.43. The van der Waals surface area contributed by atoms with Crippen LogP contribution in [0.5, 0.6) is 0 Å². The maximum Gasteiger partial charge on any atom is 0.264 e. The Hall–Kier alpha value is -7.40. The fourth-order valence-electron chi connectivity index (χ4n) is 13.6. The second kappa shape index (κ2) is 16.1. The molecule has 0 N–H and O–H groups in total. The molecule has 0 saturated carbocycles. The summed E-state index contributed by atoms with van der Waals surface area (Å²) in [7, 11) is 0. The predicted octanol–water partition coefficient (Wildman–Crippen LogP) is 17.3. The Balaban J connectivity index is 1.09. The third kappa shape index (κ3) is 6.17. The van der Waals surface area contributed by atoms with Crippen LogP contribution in [0.25, 0.3) is 43.5 Å². The van der Waals surface area contributed by atoms with Crippen molar-refractivity contribution >= 4 is 78.0 Å². The summed E-state index contributed by atoms with van der Waals surface area (Å²) in [4.78, 5) is 5.23. The molecule has 0 bridgehead atoms. The predicted molar refractivity (Wildman–Crippen MR) is 314 cm³/mol. The molecule has 0 unspecified atom stereocenters. The maximum absolute atomic E-state index is 2.64. The van der Waals surface area contributed by atoms with Gasteiger partial charge in [0.1, 0.15) is 0 Å². The van der Waals surface area contributed by atoms with Gasteiger partial charge in [-0.25, -0.2) is 0 Å². The summed E-state index contributed by atoms with van der Waals surface area (Å²) in [5.41, 5.74) is 31.3. The summed E-state index contributed by atoms with van der Waals surface area (Å²) in [6.45, 7) is 20.7. The minimum atomic E-state index is -0.436. The van der Waals surface area contributed by atoms with Crippen LogP contribution in [0.3, 0.4) is 0 Å². The third-order valence-corrected chi connectivity index (χ3v) is 18.2. The van der Waals surface area contributed by atoms with Crippen molar-refractivity contribution in [2.45, 2.75) is 85.5 Å². The summed E-state index contributed by atoms with van der Waals surface area (Å²) in [5, 5.41) is 1.31. The monoisotopic (exact) mass is 958 g/mol. The number of benzene rings is 9. The molecule has 0 fully saturated rings. The molecule has 0 atom stereocenters. The Morgan fingerprint density at radius 3 is 1.64 bits per heavy atom. The molecule has 73 heavy (non-hydrogen) atoms. The number of thiophene rings is 1. The van der Waals surface area contributed by atoms with E-state index in [2.05, 4.69) is 248 Å². The number of aryl methyl sites for hydroxylation is 3. The van der Waals surface area contributed by atoms with E-state index in [1.54, 1.807) is 0 Å². The van der Waals surface area contributed by atoms with Gasteiger partial charge in [-0.05, 0) is 182 Å². The Morgan fingerprint density at radius 2 is 1.03 bits per heavy atom. The van der Waals surface area contributed by atoms with Crippen LogP contribution < -0.4 is 25.5 Å². The number of anilines is 6. The van der Waals surface area contributed by atoms with Gasteiger partial charge in [0.2, 0.25) is 0 Å². The van der Waals surface area contributed by atoms with Crippen molar-refractivity contribution in [1.29, 1.82) is 0 Å². The quantitative estimate of drug-likeness (QED) is 0.153. The van der Waals surface area contributed by atoms with Gasteiger partial charge in [0, 0.05) is 43.3 Å². The van der Waals surface area contributed by atoms with E-state index in [1.807, 2.05) is 11.3 Å². The first-order chi connectivity index (χ1) is 35.4. The van der Waals surface area contributed by atoms with Crippen molar-refractivity contribution in [3.05, 3.63) is 232 Å². The highest BCUT2D eigenvalue weighted by molar-refractivity contribution is 7.33. The number of fused-ring (bicyclic) bond motifs is 16. The molecule has 0 radical (unpaired) electrons. The van der Waals surface area contributed by atoms with Crippen LogP contribution in [-0.4, -0.2) is 6.71 Å². The SMILES string of the molecule is Cc1ccc(N2c3cc(-c4c(C(C)C)cccc4C(C)C)ccc3B3c4sc5cc6c(cc5c4N(c4ccc(C)cc4)c4cc(C)cc2c43)-c2ccc(C(C)C)cc2C62c3ccccc3-c3ccccc32)cc1. The van der Waals surface area contributed by atoms with E-state index in [1.165, 1.54) is 149 Å². The average molecular weight is 959 g/mol. The number of hydrogen-bond acceptors (Lipinski definition) is 3. The van der Waals surface area contributed by atoms with Crippen molar-refractivity contribution in [1.82, 2.24) is 0 Å². The molecule has 14 rings (SSSR count). The van der Waals surface area contributed by atoms with Crippen molar-refractivity contribution in [2.75, 3.05) is 9.80 Å². The largest absolute Gasteiger partial charge is 0.311 e. The molecule has 10 aromatic rings. The van der Waals surface area contributed by atoms with Crippen molar-refractivity contribution in [3.63, 3.8) is 0 Å². The van der Waals surface area contributed by atoms with E-state index < -0.39 is 5.41 Å². The molecule has 0 amide bonds. The van der Waals surface area contributed by atoms with Gasteiger partial charge in [-0.1, -0.05) is 174 Å². The second-order valence-corrected chi connectivity index (χ2v) is 23.5. The van der Waals surface area contributed by atoms with Crippen molar-refractivity contribution < 1.29 is 0 Å². The molecule has 2 aliphatic carbocycles. The van der Waals surface area contributed by atoms with E-state index in [9.17, 15) is 0 Å². The molecule has 9 aromatic carbocycles. The Labute approximate surface area is 435 Å². The van der Waals surface area contributed by atoms with E-state index in [4.69, 9.17) is 0 Å². The smallest absolute Gasteiger partial charge is 0.264 e. The average Bonchev–Trinajstić information content (AvgIpc) is 4.01. The fraction of sp³-hybridized carbons (Fsp3) is 0.188. The summed E-state index contributed by atoms with van der Waals surface area (Å²) in [6.07, 6.45) is 0. The Bertz CT molecular complexity index is 3870. The zero-order chi connectivity index (χ0) is 49.8. The highest BCUT2D eigenvalue weighted by Crippen LogP contribution is 2.64. The lowest BCUT2D eigenvalue weighted by molar-refractivity contribution is 0.785. The lowest BCUT2D eigenvalue weighted by atomic mass is 9.36. The molecule has 3 heterocycles. The first kappa shape index (κ1) is 44.3. The van der Waals surface area contributed by atoms with E-state index in [0.717, 1.165) is 0 Å². The molecule has 2 aliphatic heterocycles. The molecule has 4 heteroatoms. The van der Waals surface area contributed by atoms with Crippen LogP contribution in [0.2, 0.25) is 0 Å². The highest BCUT2D eigenvalue weighted by Gasteiger charge is 2.53. The van der Waals surface area contributed by atoms with E-state index in [-0.39, 0.29) is 6.71 Å². The zero-order valence-corrected chi connectivity index (χ0v) is 44.2. The van der Waals surface area contributed by atoms with Gasteiger partial charge < -0.3 is 9.80 Å². The summed E-state index contributed by atoms with van der Waals surface area (Å²) < 4.78 is 2.73. The molecular formula is C69H59BN2S. The van der Waals surface area contributed by atoms with E-state index >= 15 is 0 Å². The standard InChI is InChI=1S/C69H59BN2S/c1-39(2)45-25-31-53-54-37-55-64(38-59(54)69(58(53)35-45)56-19-12-10-15-51(56)52-16-11-13-20-57(52)69)73-68-67(55)72(48-29-23-43(8)24-30-48)63-34-44(9)33-62-66(63)70(68)60-32-26-46(36-61(60)71(62)47-27-21-42(7)22-28-47)65-49(40(3)4)17-14-18-50(65)41(5)6/h10-41H,1-9H3. The fourth-order valence-corrected chi connectivity index (χ4v) is 14.9. The molecule has 0 saturated heterocycles. The number of hydrogen-bond donors (Lipinski definition) is 0. The Morgan fingerprint density at radius 1 is 0.452 bits per heavy atom. The Kier molecular flexibility index (Phi) is 9.74. The second-order valence-electron chi connectivity index (χ2n) is 22.4. The molecular weight excluding hydrogens is 900 g/mol. The third-order valence-electron chi connectivity index (χ3n) is 17.0. The van der Waals surface area contributed by atoms with Gasteiger partial charge in [0.25, 0.3) is 6.71 Å². The van der Waals surface area contributed by atoms with Crippen LogP contribution >= 0.6 is 11.3 Å². The first-order valence-corrected chi connectivity index (χ1v) is 27.3. The maximum atomic E-state index is 2.64. The summed E-state index contributed by atoms with van der Waals surface area (Å²) >= 11 is 2.02. The van der Waals surface area contributed by atoms with Crippen LogP contribution in [0.1, 0.15) is 115 Å². The molecule has 1 spiro atoms. The zero-order valence-electron chi connectivity index (χ0n) is 43.4. The first-order valence-electron chi connectivity index (χ1n) is 26.5. The van der Waals surface area contributed by atoms with Gasteiger partial charge in [0.05, 0.1) is 11.1 Å². The van der Waals surface area contributed by atoms with Gasteiger partial charge in [-0.3, -0.25) is 0 Å². The van der Waals surface area contributed by atoms with Crippen LogP contribution in [0.4, 0.5) is 34.1 Å². The molecule has 2 nitrogen and oxygen atoms in total. The summed E-state index contributed by atoms with van der Waals surface area (Å²) in [5.74, 6) is 1.17. The number of nitrogens with zero attached hydrogens (tertiary/aromatic N) is 2. The molecule has 4 aliphatic rings. The molecule has 354 valence electrons. The number of rotatable bonds is 6.